The molecular weight excluding hydrogens is 559 g/mol. The van der Waals surface area contributed by atoms with Gasteiger partial charge in [-0.3, -0.25) is 13.9 Å². The van der Waals surface area contributed by atoms with Gasteiger partial charge in [0.05, 0.1) is 17.6 Å². The Morgan fingerprint density at radius 2 is 1.90 bits per heavy atom. The number of aryl methyl sites for hydroxylation is 1. The molecule has 4 N–H and O–H groups in total. The number of anilines is 2. The number of pyridine rings is 1. The van der Waals surface area contributed by atoms with E-state index in [0.717, 1.165) is 18.4 Å². The third-order valence-electron chi connectivity index (χ3n) is 5.59. The molecule has 1 aromatic heterocycles. The van der Waals surface area contributed by atoms with E-state index in [1.165, 1.54) is 36.6 Å². The lowest BCUT2D eigenvalue weighted by Crippen LogP contribution is -2.34. The van der Waals surface area contributed by atoms with Crippen molar-refractivity contribution in [2.24, 2.45) is 5.14 Å². The maximum absolute atomic E-state index is 14.8. The highest BCUT2D eigenvalue weighted by atomic mass is 35.5. The Morgan fingerprint density at radius 1 is 1.25 bits per heavy atom. The van der Waals surface area contributed by atoms with E-state index in [-0.39, 0.29) is 45.4 Å². The number of nitrogens with zero attached hydrogens (tertiary/aromatic N) is 3. The van der Waals surface area contributed by atoms with Crippen molar-refractivity contribution in [2.45, 2.75) is 46.6 Å². The van der Waals surface area contributed by atoms with Gasteiger partial charge in [0.15, 0.2) is 16.9 Å². The summed E-state index contributed by atoms with van der Waals surface area (Å²) in [6, 6.07) is 6.05. The number of amides is 1. The summed E-state index contributed by atoms with van der Waals surface area (Å²) in [5.41, 5.74) is 1.22. The topological polar surface area (TPSA) is 130 Å². The lowest BCUT2D eigenvalue weighted by Gasteiger charge is -2.25. The number of hydrogen-bond donors (Lipinski definition) is 3. The van der Waals surface area contributed by atoms with Gasteiger partial charge in [0.25, 0.3) is 5.91 Å². The lowest BCUT2D eigenvalue weighted by molar-refractivity contribution is -0.117. The first-order valence-corrected chi connectivity index (χ1v) is 14.1. The number of nitrogens with two attached hydrogens (primary N) is 1. The van der Waals surface area contributed by atoms with Gasteiger partial charge in [0.1, 0.15) is 28.5 Å². The number of hydrogen-bond acceptors (Lipinski definition) is 7. The average Bonchev–Trinajstić information content (AvgIpc) is 3.73. The molecule has 3 rings (SSSR count). The molecule has 1 saturated carbocycles. The van der Waals surface area contributed by atoms with Crippen LogP contribution in [0.3, 0.4) is 0 Å². The lowest BCUT2D eigenvalue weighted by atomic mass is 10.1. The second-order valence-electron chi connectivity index (χ2n) is 8.96. The van der Waals surface area contributed by atoms with Crippen molar-refractivity contribution in [1.82, 2.24) is 15.2 Å². The van der Waals surface area contributed by atoms with Crippen molar-refractivity contribution in [1.29, 1.82) is 0 Å². The molecule has 1 aliphatic rings. The van der Waals surface area contributed by atoms with Crippen molar-refractivity contribution < 1.29 is 22.9 Å². The van der Waals surface area contributed by atoms with Crippen LogP contribution in [-0.2, 0) is 20.8 Å². The fourth-order valence-corrected chi connectivity index (χ4v) is 3.80. The first-order valence-electron chi connectivity index (χ1n) is 12.6. The zero-order valence-electron chi connectivity index (χ0n) is 23.7. The number of aldehydes is 1. The highest BCUT2D eigenvalue weighted by molar-refractivity contribution is 7.84. The van der Waals surface area contributed by atoms with E-state index in [1.807, 2.05) is 13.8 Å². The quantitative estimate of drug-likeness (QED) is 0.154. The molecule has 0 bridgehead atoms. The normalized spacial score (nSPS) is 14.4. The molecule has 1 heterocycles. The highest BCUT2D eigenvalue weighted by Gasteiger charge is 2.31. The molecule has 13 heteroatoms. The van der Waals surface area contributed by atoms with E-state index in [1.54, 1.807) is 38.1 Å². The third kappa shape index (κ3) is 8.51. The molecule has 1 fully saturated rings. The third-order valence-corrected chi connectivity index (χ3v) is 6.61. The Labute approximate surface area is 242 Å². The SMILES string of the molecule is C/C(C=O)=C(Oc1ncc(N(C)S(N)=O)cc1Cl)/C(C(=O)NC1CC1)=C(/Nc1ccc(C)cc1F)N(C)C.CC. The van der Waals surface area contributed by atoms with Gasteiger partial charge in [-0.05, 0) is 50.5 Å². The Morgan fingerprint density at radius 3 is 2.40 bits per heavy atom. The molecule has 0 aliphatic heterocycles. The number of rotatable bonds is 11. The monoisotopic (exact) mass is 594 g/mol. The summed E-state index contributed by atoms with van der Waals surface area (Å²) in [7, 11) is 4.82. The van der Waals surface area contributed by atoms with Crippen LogP contribution in [0, 0.1) is 12.7 Å². The van der Waals surface area contributed by atoms with Crippen molar-refractivity contribution in [3.63, 3.8) is 0 Å². The van der Waals surface area contributed by atoms with Crippen LogP contribution in [0.4, 0.5) is 15.8 Å². The van der Waals surface area contributed by atoms with E-state index in [4.69, 9.17) is 21.5 Å². The molecule has 218 valence electrons. The van der Waals surface area contributed by atoms with Crippen LogP contribution in [0.15, 0.2) is 53.2 Å². The van der Waals surface area contributed by atoms with Gasteiger partial charge in [0.2, 0.25) is 5.88 Å². The van der Waals surface area contributed by atoms with E-state index < -0.39 is 22.9 Å². The standard InChI is InChI=1S/C25H30ClFN6O4S.C2H6/c1-14-6-9-20(19(27)10-14)31-23(32(3)4)21(24(35)30-16-7-8-16)22(15(2)13-34)37-25-18(26)11-17(12-29-25)33(5)38(28)36;1-2/h6,9-13,16,31H,7-8,28H2,1-5H3,(H,30,35);1-2H3/b22-15+,23-21+;. The van der Waals surface area contributed by atoms with Gasteiger partial charge in [-0.2, -0.15) is 0 Å². The summed E-state index contributed by atoms with van der Waals surface area (Å²) in [4.78, 5) is 31.3. The molecule has 1 aromatic carbocycles. The molecule has 1 amide bonds. The van der Waals surface area contributed by atoms with Gasteiger partial charge in [-0.1, -0.05) is 31.5 Å². The fourth-order valence-electron chi connectivity index (χ4n) is 3.30. The molecule has 1 unspecified atom stereocenters. The molecule has 1 atom stereocenters. The smallest absolute Gasteiger partial charge is 0.259 e. The van der Waals surface area contributed by atoms with E-state index >= 15 is 0 Å². The van der Waals surface area contributed by atoms with Gasteiger partial charge < -0.3 is 20.3 Å². The number of halogens is 2. The molecular formula is C27H36ClFN6O4S. The summed E-state index contributed by atoms with van der Waals surface area (Å²) in [5.74, 6) is -1.11. The molecule has 2 aromatic rings. The minimum absolute atomic E-state index is 0.0156. The van der Waals surface area contributed by atoms with E-state index in [0.29, 0.717) is 12.0 Å². The van der Waals surface area contributed by atoms with E-state index in [2.05, 4.69) is 15.6 Å². The predicted octanol–water partition coefficient (Wildman–Crippen LogP) is 4.20. The molecule has 0 saturated heterocycles. The largest absolute Gasteiger partial charge is 0.436 e. The first kappa shape index (κ1) is 32.7. The Bertz CT molecular complexity index is 1330. The molecule has 10 nitrogen and oxygen atoms in total. The Kier molecular flexibility index (Phi) is 12.1. The summed E-state index contributed by atoms with van der Waals surface area (Å²) in [6.07, 6.45) is 3.49. The fraction of sp³-hybridized carbons (Fsp3) is 0.370. The highest BCUT2D eigenvalue weighted by Crippen LogP contribution is 2.32. The number of benzene rings is 1. The van der Waals surface area contributed by atoms with Gasteiger partial charge in [-0.15, -0.1) is 0 Å². The Hall–Kier alpha value is -3.48. The second-order valence-corrected chi connectivity index (χ2v) is 10.5. The number of ether oxygens (including phenoxy) is 1. The number of carbonyl (C=O) groups excluding carboxylic acids is 2. The second kappa shape index (κ2) is 14.8. The summed E-state index contributed by atoms with van der Waals surface area (Å²) in [6.45, 7) is 7.23. The number of nitrogens with one attached hydrogen (secondary N) is 2. The summed E-state index contributed by atoms with van der Waals surface area (Å²) < 4.78 is 33.6. The van der Waals surface area contributed by atoms with E-state index in [9.17, 15) is 18.2 Å². The molecule has 1 aliphatic carbocycles. The van der Waals surface area contributed by atoms with Crippen molar-refractivity contribution >= 4 is 46.3 Å². The summed E-state index contributed by atoms with van der Waals surface area (Å²) in [5, 5.41) is 11.3. The van der Waals surface area contributed by atoms with Crippen LogP contribution >= 0.6 is 11.6 Å². The minimum Gasteiger partial charge on any atom is -0.436 e. The van der Waals surface area contributed by atoms with Crippen LogP contribution in [0.5, 0.6) is 5.88 Å². The Balaban J connectivity index is 0.00000274. The van der Waals surface area contributed by atoms with Crippen LogP contribution in [0.25, 0.3) is 0 Å². The van der Waals surface area contributed by atoms with Crippen LogP contribution in [0.2, 0.25) is 5.02 Å². The molecule has 0 spiro atoms. The van der Waals surface area contributed by atoms with Gasteiger partial charge >= 0.3 is 0 Å². The maximum Gasteiger partial charge on any atom is 0.259 e. The van der Waals surface area contributed by atoms with Crippen LogP contribution in [-0.4, -0.2) is 53.5 Å². The number of aromatic nitrogens is 1. The number of allylic oxidation sites excluding steroid dienone is 1. The van der Waals surface area contributed by atoms with Crippen LogP contribution < -0.4 is 24.8 Å². The van der Waals surface area contributed by atoms with Gasteiger partial charge in [-0.25, -0.2) is 18.7 Å². The minimum atomic E-state index is -1.81. The number of carbonyl (C=O) groups is 2. The first-order chi connectivity index (χ1) is 18.9. The molecule has 0 radical (unpaired) electrons. The average molecular weight is 595 g/mol. The van der Waals surface area contributed by atoms with Crippen molar-refractivity contribution in [3.8, 4) is 5.88 Å². The predicted molar refractivity (Wildman–Crippen MR) is 157 cm³/mol. The zero-order chi connectivity index (χ0) is 30.1. The maximum atomic E-state index is 14.8. The zero-order valence-corrected chi connectivity index (χ0v) is 25.2. The van der Waals surface area contributed by atoms with Crippen LogP contribution in [0.1, 0.15) is 39.2 Å². The van der Waals surface area contributed by atoms with Crippen molar-refractivity contribution in [3.05, 3.63) is 69.6 Å². The van der Waals surface area contributed by atoms with Crippen molar-refractivity contribution in [2.75, 3.05) is 30.8 Å². The van der Waals surface area contributed by atoms with Gasteiger partial charge in [0, 0.05) is 32.8 Å². The molecule has 40 heavy (non-hydrogen) atoms. The summed E-state index contributed by atoms with van der Waals surface area (Å²) >= 11 is 4.59.